The van der Waals surface area contributed by atoms with Gasteiger partial charge >= 0.3 is 5.97 Å². The Balaban J connectivity index is 2.28. The van der Waals surface area contributed by atoms with Gasteiger partial charge in [0.05, 0.1) is 33.5 Å². The molecule has 0 fully saturated rings. The van der Waals surface area contributed by atoms with Crippen LogP contribution in [-0.4, -0.2) is 28.1 Å². The standard InChI is InChI=1S/C14H12BrN5O4/c1-2-24-14(21)11-8-4-3-7(20(22)23)5-10(8)19-6-9(17-18-16)12(15)13(11)19/h3-5,9,12H,2,6H2,1H3/t9-,12+/m0/s1. The molecule has 0 aliphatic carbocycles. The molecular formula is C14H12BrN5O4. The first-order valence-corrected chi connectivity index (χ1v) is 8.07. The number of aromatic nitrogens is 1. The molecule has 0 unspecified atom stereocenters. The first kappa shape index (κ1) is 16.3. The van der Waals surface area contributed by atoms with Gasteiger partial charge in [-0.2, -0.15) is 0 Å². The molecule has 0 spiro atoms. The number of halogens is 1. The minimum Gasteiger partial charge on any atom is -0.462 e. The van der Waals surface area contributed by atoms with Gasteiger partial charge in [0.15, 0.2) is 0 Å². The second-order valence-electron chi connectivity index (χ2n) is 5.22. The molecule has 3 rings (SSSR count). The van der Waals surface area contributed by atoms with Crippen molar-refractivity contribution in [3.05, 3.63) is 50.0 Å². The van der Waals surface area contributed by atoms with Crippen LogP contribution >= 0.6 is 15.9 Å². The molecule has 0 saturated heterocycles. The van der Waals surface area contributed by atoms with E-state index in [9.17, 15) is 14.9 Å². The number of nitrogens with zero attached hydrogens (tertiary/aromatic N) is 5. The molecule has 0 bridgehead atoms. The molecule has 0 radical (unpaired) electrons. The number of ether oxygens (including phenoxy) is 1. The molecule has 9 nitrogen and oxygen atoms in total. The van der Waals surface area contributed by atoms with Gasteiger partial charge in [-0.15, -0.1) is 0 Å². The van der Waals surface area contributed by atoms with Crippen LogP contribution in [0.25, 0.3) is 21.3 Å². The van der Waals surface area contributed by atoms with E-state index >= 15 is 0 Å². The Labute approximate surface area is 144 Å². The van der Waals surface area contributed by atoms with Gasteiger partial charge in [0.25, 0.3) is 5.69 Å². The predicted octanol–water partition coefficient (Wildman–Crippen LogP) is 3.85. The first-order chi connectivity index (χ1) is 11.5. The SMILES string of the molecule is CCOC(=O)c1c2n(c3cc([N+](=O)[O-])ccc13)C[C@H](N=[N+]=[N-])[C@H]2Br. The lowest BCUT2D eigenvalue weighted by Gasteiger charge is -2.09. The van der Waals surface area contributed by atoms with E-state index in [1.54, 1.807) is 17.6 Å². The van der Waals surface area contributed by atoms with E-state index in [1.165, 1.54) is 12.1 Å². The Morgan fingerprint density at radius 1 is 1.62 bits per heavy atom. The van der Waals surface area contributed by atoms with Crippen LogP contribution in [0.2, 0.25) is 0 Å². The fourth-order valence-electron chi connectivity index (χ4n) is 3.00. The summed E-state index contributed by atoms with van der Waals surface area (Å²) in [4.78, 5) is 25.4. The largest absolute Gasteiger partial charge is 0.462 e. The topological polar surface area (TPSA) is 123 Å². The number of esters is 1. The minimum atomic E-state index is -0.504. The highest BCUT2D eigenvalue weighted by molar-refractivity contribution is 9.09. The molecule has 2 aromatic rings. The number of fused-ring (bicyclic) bond motifs is 3. The van der Waals surface area contributed by atoms with Gasteiger partial charge in [0, 0.05) is 34.7 Å². The Bertz CT molecular complexity index is 902. The van der Waals surface area contributed by atoms with Crippen molar-refractivity contribution < 1.29 is 14.5 Å². The normalized spacial score (nSPS) is 18.9. The van der Waals surface area contributed by atoms with Gasteiger partial charge in [-0.25, -0.2) is 4.79 Å². The lowest BCUT2D eigenvalue weighted by Crippen LogP contribution is -2.10. The number of azide groups is 1. The number of hydrogen-bond donors (Lipinski definition) is 0. The van der Waals surface area contributed by atoms with Crippen LogP contribution in [0.3, 0.4) is 0 Å². The van der Waals surface area contributed by atoms with Crippen molar-refractivity contribution in [2.45, 2.75) is 24.3 Å². The van der Waals surface area contributed by atoms with Crippen molar-refractivity contribution in [3.8, 4) is 0 Å². The second-order valence-corrected chi connectivity index (χ2v) is 6.21. The van der Waals surface area contributed by atoms with E-state index < -0.39 is 16.9 Å². The zero-order valence-corrected chi connectivity index (χ0v) is 14.1. The number of hydrogen-bond acceptors (Lipinski definition) is 5. The van der Waals surface area contributed by atoms with Crippen LogP contribution in [0, 0.1) is 10.1 Å². The first-order valence-electron chi connectivity index (χ1n) is 7.15. The number of benzene rings is 1. The number of alkyl halides is 1. The zero-order valence-electron chi connectivity index (χ0n) is 12.5. The van der Waals surface area contributed by atoms with Gasteiger partial charge in [-0.05, 0) is 18.5 Å². The number of rotatable bonds is 4. The Hall–Kier alpha value is -2.58. The molecule has 0 amide bonds. The molecular weight excluding hydrogens is 382 g/mol. The smallest absolute Gasteiger partial charge is 0.340 e. The Morgan fingerprint density at radius 3 is 3.00 bits per heavy atom. The van der Waals surface area contributed by atoms with Crippen molar-refractivity contribution in [1.82, 2.24) is 4.57 Å². The molecule has 0 N–H and O–H groups in total. The van der Waals surface area contributed by atoms with Gasteiger partial charge < -0.3 is 9.30 Å². The number of carbonyl (C=O) groups is 1. The molecule has 0 saturated carbocycles. The summed E-state index contributed by atoms with van der Waals surface area (Å²) in [6.45, 7) is 2.24. The molecule has 124 valence electrons. The summed E-state index contributed by atoms with van der Waals surface area (Å²) in [7, 11) is 0. The van der Waals surface area contributed by atoms with Crippen LogP contribution < -0.4 is 0 Å². The molecule has 1 aliphatic heterocycles. The average Bonchev–Trinajstić information content (AvgIpc) is 3.03. The van der Waals surface area contributed by atoms with Crippen molar-refractivity contribution in [2.75, 3.05) is 6.61 Å². The maximum absolute atomic E-state index is 12.4. The summed E-state index contributed by atoms with van der Waals surface area (Å²) < 4.78 is 6.90. The fraction of sp³-hybridized carbons (Fsp3) is 0.357. The van der Waals surface area contributed by atoms with Gasteiger partial charge in [-0.1, -0.05) is 21.0 Å². The zero-order chi connectivity index (χ0) is 17.4. The highest BCUT2D eigenvalue weighted by atomic mass is 79.9. The number of non-ortho nitro benzene ring substituents is 1. The van der Waals surface area contributed by atoms with Crippen LogP contribution in [0.1, 0.15) is 27.8 Å². The number of nitro benzene ring substituents is 1. The third kappa shape index (κ3) is 2.40. The minimum absolute atomic E-state index is 0.0726. The summed E-state index contributed by atoms with van der Waals surface area (Å²) in [5, 5.41) is 15.4. The molecule has 2 atom stereocenters. The van der Waals surface area contributed by atoms with Crippen LogP contribution in [0.5, 0.6) is 0 Å². The van der Waals surface area contributed by atoms with Crippen molar-refractivity contribution >= 4 is 38.5 Å². The summed E-state index contributed by atoms with van der Waals surface area (Å²) >= 11 is 3.47. The summed E-state index contributed by atoms with van der Waals surface area (Å²) in [6, 6.07) is 3.89. The van der Waals surface area contributed by atoms with E-state index in [4.69, 9.17) is 10.3 Å². The Kier molecular flexibility index (Phi) is 4.16. The summed E-state index contributed by atoms with van der Waals surface area (Å²) in [5.41, 5.74) is 10.1. The second kappa shape index (κ2) is 6.14. The molecule has 24 heavy (non-hydrogen) atoms. The molecule has 1 aromatic heterocycles. The van der Waals surface area contributed by atoms with E-state index in [0.29, 0.717) is 28.7 Å². The molecule has 2 heterocycles. The van der Waals surface area contributed by atoms with Gasteiger partial charge in [0.2, 0.25) is 0 Å². The highest BCUT2D eigenvalue weighted by Gasteiger charge is 2.38. The van der Waals surface area contributed by atoms with E-state index in [2.05, 4.69) is 26.0 Å². The van der Waals surface area contributed by atoms with E-state index in [1.807, 2.05) is 0 Å². The maximum Gasteiger partial charge on any atom is 0.340 e. The lowest BCUT2D eigenvalue weighted by molar-refractivity contribution is -0.384. The Morgan fingerprint density at radius 2 is 2.38 bits per heavy atom. The lowest BCUT2D eigenvalue weighted by atomic mass is 10.1. The van der Waals surface area contributed by atoms with Gasteiger partial charge in [-0.3, -0.25) is 10.1 Å². The number of carbonyl (C=O) groups excluding carboxylic acids is 1. The highest BCUT2D eigenvalue weighted by Crippen LogP contribution is 2.44. The van der Waals surface area contributed by atoms with E-state index in [0.717, 1.165) is 0 Å². The van der Waals surface area contributed by atoms with Crippen LogP contribution in [0.15, 0.2) is 23.3 Å². The monoisotopic (exact) mass is 393 g/mol. The predicted molar refractivity (Wildman–Crippen MR) is 89.2 cm³/mol. The van der Waals surface area contributed by atoms with Gasteiger partial charge in [0.1, 0.15) is 0 Å². The van der Waals surface area contributed by atoms with Crippen LogP contribution in [-0.2, 0) is 11.3 Å². The molecule has 1 aliphatic rings. The van der Waals surface area contributed by atoms with Crippen molar-refractivity contribution in [1.29, 1.82) is 0 Å². The molecule has 1 aromatic carbocycles. The van der Waals surface area contributed by atoms with Crippen molar-refractivity contribution in [3.63, 3.8) is 0 Å². The number of nitro groups is 1. The summed E-state index contributed by atoms with van der Waals surface area (Å²) in [6.07, 6.45) is 0. The third-order valence-corrected chi connectivity index (χ3v) is 4.99. The van der Waals surface area contributed by atoms with E-state index in [-0.39, 0.29) is 17.1 Å². The average molecular weight is 394 g/mol. The summed E-state index contributed by atoms with van der Waals surface area (Å²) in [5.74, 6) is -0.504. The maximum atomic E-state index is 12.4. The van der Waals surface area contributed by atoms with Crippen molar-refractivity contribution in [2.24, 2.45) is 5.11 Å². The third-order valence-electron chi connectivity index (χ3n) is 3.95. The van der Waals surface area contributed by atoms with Crippen LogP contribution in [0.4, 0.5) is 5.69 Å². The molecule has 10 heteroatoms. The quantitative estimate of drug-likeness (QED) is 0.149. The fourth-order valence-corrected chi connectivity index (χ4v) is 3.74.